The van der Waals surface area contributed by atoms with Gasteiger partial charge in [-0.15, -0.1) is 0 Å². The van der Waals surface area contributed by atoms with Crippen LogP contribution < -0.4 is 10.9 Å². The summed E-state index contributed by atoms with van der Waals surface area (Å²) in [7, 11) is 0. The first-order valence-electron chi connectivity index (χ1n) is 5.08. The molecular weight excluding hydrogens is 206 g/mol. The number of anilines is 1. The summed E-state index contributed by atoms with van der Waals surface area (Å²) < 4.78 is 5.23. The number of nitrogens with zero attached hydrogens (tertiary/aromatic N) is 1. The maximum absolute atomic E-state index is 11.4. The summed E-state index contributed by atoms with van der Waals surface area (Å²) >= 11 is 0. The van der Waals surface area contributed by atoms with Gasteiger partial charge in [-0.2, -0.15) is 0 Å². The first-order valence-corrected chi connectivity index (χ1v) is 5.08. The van der Waals surface area contributed by atoms with Gasteiger partial charge in [-0.3, -0.25) is 4.79 Å². The average molecular weight is 219 g/mol. The Morgan fingerprint density at radius 2 is 2.50 bits per heavy atom. The number of aromatic amines is 1. The van der Waals surface area contributed by atoms with Crippen molar-refractivity contribution in [2.45, 2.75) is 19.4 Å². The molecule has 2 aromatic rings. The minimum Gasteiger partial charge on any atom is -0.469 e. The van der Waals surface area contributed by atoms with Crippen LogP contribution in [-0.2, 0) is 6.42 Å². The van der Waals surface area contributed by atoms with Crippen LogP contribution in [0.3, 0.4) is 0 Å². The SMILES string of the molecule is CC(Cc1ccco1)Nc1ncc[nH]c1=O. The van der Waals surface area contributed by atoms with Crippen molar-refractivity contribution in [3.05, 3.63) is 46.9 Å². The van der Waals surface area contributed by atoms with E-state index in [4.69, 9.17) is 4.42 Å². The predicted molar refractivity (Wildman–Crippen MR) is 60.4 cm³/mol. The molecule has 16 heavy (non-hydrogen) atoms. The number of nitrogens with one attached hydrogen (secondary N) is 2. The van der Waals surface area contributed by atoms with E-state index in [-0.39, 0.29) is 11.6 Å². The monoisotopic (exact) mass is 219 g/mol. The van der Waals surface area contributed by atoms with Gasteiger partial charge in [0, 0.05) is 24.9 Å². The molecule has 0 aromatic carbocycles. The molecule has 0 aliphatic heterocycles. The lowest BCUT2D eigenvalue weighted by atomic mass is 10.2. The Labute approximate surface area is 92.5 Å². The van der Waals surface area contributed by atoms with E-state index < -0.39 is 0 Å². The molecule has 0 radical (unpaired) electrons. The number of rotatable bonds is 4. The first-order chi connectivity index (χ1) is 7.75. The second-order valence-corrected chi connectivity index (χ2v) is 3.60. The van der Waals surface area contributed by atoms with Gasteiger partial charge >= 0.3 is 0 Å². The van der Waals surface area contributed by atoms with E-state index in [0.717, 1.165) is 5.76 Å². The van der Waals surface area contributed by atoms with Gasteiger partial charge in [0.15, 0.2) is 5.82 Å². The second-order valence-electron chi connectivity index (χ2n) is 3.60. The lowest BCUT2D eigenvalue weighted by Gasteiger charge is -2.11. The molecule has 2 aromatic heterocycles. The smallest absolute Gasteiger partial charge is 0.290 e. The van der Waals surface area contributed by atoms with Crippen molar-refractivity contribution in [1.29, 1.82) is 0 Å². The molecule has 2 N–H and O–H groups in total. The van der Waals surface area contributed by atoms with Gasteiger partial charge in [-0.05, 0) is 19.1 Å². The van der Waals surface area contributed by atoms with Gasteiger partial charge < -0.3 is 14.7 Å². The minimum absolute atomic E-state index is 0.0853. The lowest BCUT2D eigenvalue weighted by molar-refractivity contribution is 0.497. The highest BCUT2D eigenvalue weighted by Gasteiger charge is 2.08. The number of aromatic nitrogens is 2. The molecule has 0 aliphatic carbocycles. The maximum Gasteiger partial charge on any atom is 0.290 e. The summed E-state index contributed by atoms with van der Waals surface area (Å²) in [5.41, 5.74) is -0.214. The van der Waals surface area contributed by atoms with E-state index >= 15 is 0 Å². The van der Waals surface area contributed by atoms with Crippen molar-refractivity contribution in [2.24, 2.45) is 0 Å². The van der Waals surface area contributed by atoms with Crippen LogP contribution in [0.25, 0.3) is 0 Å². The summed E-state index contributed by atoms with van der Waals surface area (Å²) in [4.78, 5) is 17.9. The molecule has 84 valence electrons. The van der Waals surface area contributed by atoms with Crippen LogP contribution in [0, 0.1) is 0 Å². The highest BCUT2D eigenvalue weighted by atomic mass is 16.3. The van der Waals surface area contributed by atoms with Crippen molar-refractivity contribution < 1.29 is 4.42 Å². The van der Waals surface area contributed by atoms with Gasteiger partial charge in [0.25, 0.3) is 5.56 Å². The summed E-state index contributed by atoms with van der Waals surface area (Å²) in [5.74, 6) is 1.22. The molecule has 5 nitrogen and oxygen atoms in total. The zero-order valence-electron chi connectivity index (χ0n) is 8.93. The Morgan fingerprint density at radius 1 is 1.62 bits per heavy atom. The standard InChI is InChI=1S/C11H13N3O2/c1-8(7-9-3-2-6-16-9)14-10-11(15)13-5-4-12-10/h2-6,8H,7H2,1H3,(H,12,14)(H,13,15). The van der Waals surface area contributed by atoms with E-state index in [2.05, 4.69) is 15.3 Å². The van der Waals surface area contributed by atoms with E-state index in [1.54, 1.807) is 12.5 Å². The zero-order valence-corrected chi connectivity index (χ0v) is 8.93. The van der Waals surface area contributed by atoms with Crippen LogP contribution in [-0.4, -0.2) is 16.0 Å². The highest BCUT2D eigenvalue weighted by Crippen LogP contribution is 2.06. The van der Waals surface area contributed by atoms with Crippen LogP contribution in [0.2, 0.25) is 0 Å². The number of H-pyrrole nitrogens is 1. The molecule has 0 fully saturated rings. The largest absolute Gasteiger partial charge is 0.469 e. The summed E-state index contributed by atoms with van der Waals surface area (Å²) in [5, 5.41) is 3.03. The molecule has 0 amide bonds. The Balaban J connectivity index is 2.00. The third-order valence-electron chi connectivity index (χ3n) is 2.18. The minimum atomic E-state index is -0.214. The molecule has 0 bridgehead atoms. The third kappa shape index (κ3) is 2.50. The van der Waals surface area contributed by atoms with Crippen molar-refractivity contribution >= 4 is 5.82 Å². The number of hydrogen-bond acceptors (Lipinski definition) is 4. The number of furan rings is 1. The Hall–Kier alpha value is -2.04. The molecule has 0 saturated heterocycles. The van der Waals surface area contributed by atoms with Crippen LogP contribution in [0.1, 0.15) is 12.7 Å². The molecule has 0 aliphatic rings. The van der Waals surface area contributed by atoms with E-state index in [1.165, 1.54) is 6.20 Å². The fourth-order valence-corrected chi connectivity index (χ4v) is 1.47. The van der Waals surface area contributed by atoms with Crippen molar-refractivity contribution in [1.82, 2.24) is 9.97 Å². The van der Waals surface area contributed by atoms with Crippen LogP contribution >= 0.6 is 0 Å². The quantitative estimate of drug-likeness (QED) is 0.815. The van der Waals surface area contributed by atoms with Crippen molar-refractivity contribution in [3.8, 4) is 0 Å². The molecule has 5 heteroatoms. The number of hydrogen-bond donors (Lipinski definition) is 2. The zero-order chi connectivity index (χ0) is 11.4. The molecule has 0 saturated carbocycles. The Morgan fingerprint density at radius 3 is 3.19 bits per heavy atom. The van der Waals surface area contributed by atoms with Gasteiger partial charge in [-0.1, -0.05) is 0 Å². The van der Waals surface area contributed by atoms with Crippen LogP contribution in [0.15, 0.2) is 40.0 Å². The summed E-state index contributed by atoms with van der Waals surface area (Å²) in [6.45, 7) is 1.97. The molecule has 1 unspecified atom stereocenters. The van der Waals surface area contributed by atoms with Crippen LogP contribution in [0.5, 0.6) is 0 Å². The van der Waals surface area contributed by atoms with E-state index in [0.29, 0.717) is 12.2 Å². The Kier molecular flexibility index (Phi) is 3.05. The highest BCUT2D eigenvalue weighted by molar-refractivity contribution is 5.31. The summed E-state index contributed by atoms with van der Waals surface area (Å²) in [6, 6.07) is 3.83. The van der Waals surface area contributed by atoms with Crippen LogP contribution in [0.4, 0.5) is 5.82 Å². The second kappa shape index (κ2) is 4.65. The normalized spacial score (nSPS) is 12.3. The predicted octanol–water partition coefficient (Wildman–Crippen LogP) is 1.41. The average Bonchev–Trinajstić information content (AvgIpc) is 2.74. The molecule has 2 heterocycles. The topological polar surface area (TPSA) is 70.9 Å². The molecule has 1 atom stereocenters. The van der Waals surface area contributed by atoms with Crippen molar-refractivity contribution in [2.75, 3.05) is 5.32 Å². The van der Waals surface area contributed by atoms with Gasteiger partial charge in [0.05, 0.1) is 6.26 Å². The van der Waals surface area contributed by atoms with Gasteiger partial charge in [0.1, 0.15) is 5.76 Å². The third-order valence-corrected chi connectivity index (χ3v) is 2.18. The van der Waals surface area contributed by atoms with Gasteiger partial charge in [0.2, 0.25) is 0 Å². The van der Waals surface area contributed by atoms with Gasteiger partial charge in [-0.25, -0.2) is 4.98 Å². The maximum atomic E-state index is 11.4. The fraction of sp³-hybridized carbons (Fsp3) is 0.273. The molecule has 0 spiro atoms. The lowest BCUT2D eigenvalue weighted by Crippen LogP contribution is -2.24. The molecular formula is C11H13N3O2. The fourth-order valence-electron chi connectivity index (χ4n) is 1.47. The molecule has 2 rings (SSSR count). The summed E-state index contributed by atoms with van der Waals surface area (Å²) in [6.07, 6.45) is 5.40. The first kappa shape index (κ1) is 10.5. The Bertz CT molecular complexity index is 490. The van der Waals surface area contributed by atoms with Crippen molar-refractivity contribution in [3.63, 3.8) is 0 Å². The van der Waals surface area contributed by atoms with E-state index in [9.17, 15) is 4.79 Å². The van der Waals surface area contributed by atoms with E-state index in [1.807, 2.05) is 19.1 Å².